The number of halogens is 1. The summed E-state index contributed by atoms with van der Waals surface area (Å²) in [5.74, 6) is 0. The van der Waals surface area contributed by atoms with Crippen molar-refractivity contribution < 1.29 is 0 Å². The molecule has 0 aromatic carbocycles. The summed E-state index contributed by atoms with van der Waals surface area (Å²) in [5.41, 5.74) is 1.85. The first kappa shape index (κ1) is 12.3. The Morgan fingerprint density at radius 1 is 1.47 bits per heavy atom. The standard InChI is InChI=1S/C11H16BrN3/c1-8-10(12)9(2)15(14-8)6-5-11(3,4)7-13/h5-6H2,1-4H3. The Balaban J connectivity index is 2.75. The van der Waals surface area contributed by atoms with E-state index < -0.39 is 0 Å². The van der Waals surface area contributed by atoms with Gasteiger partial charge in [-0.1, -0.05) is 0 Å². The number of hydrogen-bond donors (Lipinski definition) is 0. The fourth-order valence-corrected chi connectivity index (χ4v) is 1.62. The molecule has 4 heteroatoms. The summed E-state index contributed by atoms with van der Waals surface area (Å²) in [7, 11) is 0. The number of aryl methyl sites for hydroxylation is 2. The van der Waals surface area contributed by atoms with Crippen molar-refractivity contribution in [2.45, 2.75) is 40.7 Å². The van der Waals surface area contributed by atoms with Crippen molar-refractivity contribution in [3.05, 3.63) is 15.9 Å². The molecule has 1 heterocycles. The largest absolute Gasteiger partial charge is 0.268 e. The molecule has 0 radical (unpaired) electrons. The van der Waals surface area contributed by atoms with E-state index in [1.165, 1.54) is 0 Å². The van der Waals surface area contributed by atoms with Crippen LogP contribution in [0.15, 0.2) is 4.47 Å². The summed E-state index contributed by atoms with van der Waals surface area (Å²) in [5, 5.41) is 13.3. The SMILES string of the molecule is Cc1nn(CCC(C)(C)C#N)c(C)c1Br. The summed E-state index contributed by atoms with van der Waals surface area (Å²) in [4.78, 5) is 0. The van der Waals surface area contributed by atoms with E-state index in [1.54, 1.807) is 0 Å². The number of rotatable bonds is 3. The van der Waals surface area contributed by atoms with Crippen LogP contribution in [0.4, 0.5) is 0 Å². The van der Waals surface area contributed by atoms with Gasteiger partial charge in [-0.15, -0.1) is 0 Å². The monoisotopic (exact) mass is 269 g/mol. The van der Waals surface area contributed by atoms with Gasteiger partial charge in [0.25, 0.3) is 0 Å². The first-order valence-corrected chi connectivity index (χ1v) is 5.77. The van der Waals surface area contributed by atoms with E-state index in [9.17, 15) is 0 Å². The van der Waals surface area contributed by atoms with Crippen molar-refractivity contribution in [1.29, 1.82) is 5.26 Å². The van der Waals surface area contributed by atoms with Gasteiger partial charge in [-0.2, -0.15) is 10.4 Å². The van der Waals surface area contributed by atoms with Crippen molar-refractivity contribution >= 4 is 15.9 Å². The van der Waals surface area contributed by atoms with Crippen LogP contribution in [0, 0.1) is 30.6 Å². The van der Waals surface area contributed by atoms with Crippen molar-refractivity contribution in [2.24, 2.45) is 5.41 Å². The van der Waals surface area contributed by atoms with Crippen LogP contribution in [0.2, 0.25) is 0 Å². The molecule has 0 aliphatic carbocycles. The summed E-state index contributed by atoms with van der Waals surface area (Å²) in [6.07, 6.45) is 0.817. The molecule has 0 bridgehead atoms. The van der Waals surface area contributed by atoms with Crippen LogP contribution in [-0.2, 0) is 6.54 Å². The highest BCUT2D eigenvalue weighted by Gasteiger charge is 2.18. The molecular formula is C11H16BrN3. The average Bonchev–Trinajstić information content (AvgIpc) is 2.43. The van der Waals surface area contributed by atoms with E-state index in [2.05, 4.69) is 27.1 Å². The molecule has 0 atom stereocenters. The van der Waals surface area contributed by atoms with Gasteiger partial charge in [0.15, 0.2) is 0 Å². The molecule has 0 N–H and O–H groups in total. The van der Waals surface area contributed by atoms with Gasteiger partial charge in [-0.3, -0.25) is 4.68 Å². The highest BCUT2D eigenvalue weighted by Crippen LogP contribution is 2.23. The molecule has 0 amide bonds. The minimum Gasteiger partial charge on any atom is -0.268 e. The van der Waals surface area contributed by atoms with Crippen LogP contribution < -0.4 is 0 Å². The van der Waals surface area contributed by atoms with Crippen LogP contribution in [0.25, 0.3) is 0 Å². The van der Waals surface area contributed by atoms with Gasteiger partial charge in [0.2, 0.25) is 0 Å². The molecule has 0 saturated heterocycles. The fourth-order valence-electron chi connectivity index (χ4n) is 1.33. The molecule has 1 aromatic rings. The number of aromatic nitrogens is 2. The van der Waals surface area contributed by atoms with E-state index in [1.807, 2.05) is 32.4 Å². The van der Waals surface area contributed by atoms with Crippen molar-refractivity contribution in [1.82, 2.24) is 9.78 Å². The lowest BCUT2D eigenvalue weighted by Gasteiger charge is -2.15. The van der Waals surface area contributed by atoms with Gasteiger partial charge < -0.3 is 0 Å². The molecule has 0 unspecified atom stereocenters. The van der Waals surface area contributed by atoms with E-state index in [-0.39, 0.29) is 5.41 Å². The highest BCUT2D eigenvalue weighted by atomic mass is 79.9. The molecule has 0 aliphatic heterocycles. The Labute approximate surface area is 99.2 Å². The van der Waals surface area contributed by atoms with Gasteiger partial charge in [-0.05, 0) is 50.0 Å². The maximum Gasteiger partial charge on any atom is 0.0738 e. The normalized spacial score (nSPS) is 11.5. The number of nitrogens with zero attached hydrogens (tertiary/aromatic N) is 3. The van der Waals surface area contributed by atoms with Crippen LogP contribution >= 0.6 is 15.9 Å². The Morgan fingerprint density at radius 3 is 2.47 bits per heavy atom. The summed E-state index contributed by atoms with van der Waals surface area (Å²) in [6.45, 7) is 8.70. The molecule has 1 aromatic heterocycles. The van der Waals surface area contributed by atoms with Gasteiger partial charge in [-0.25, -0.2) is 0 Å². The zero-order valence-corrected chi connectivity index (χ0v) is 11.2. The first-order valence-electron chi connectivity index (χ1n) is 4.98. The maximum atomic E-state index is 8.91. The summed E-state index contributed by atoms with van der Waals surface area (Å²) >= 11 is 3.49. The van der Waals surface area contributed by atoms with Gasteiger partial charge >= 0.3 is 0 Å². The molecule has 0 aliphatic rings. The van der Waals surface area contributed by atoms with E-state index in [0.717, 1.165) is 28.8 Å². The quantitative estimate of drug-likeness (QED) is 0.846. The van der Waals surface area contributed by atoms with Gasteiger partial charge in [0.05, 0.1) is 21.7 Å². The van der Waals surface area contributed by atoms with Crippen LogP contribution in [0.1, 0.15) is 31.7 Å². The molecule has 0 saturated carbocycles. The highest BCUT2D eigenvalue weighted by molar-refractivity contribution is 9.10. The van der Waals surface area contributed by atoms with Crippen molar-refractivity contribution in [2.75, 3.05) is 0 Å². The lowest BCUT2D eigenvalue weighted by Crippen LogP contribution is -2.13. The number of nitriles is 1. The van der Waals surface area contributed by atoms with Crippen LogP contribution in [0.5, 0.6) is 0 Å². The van der Waals surface area contributed by atoms with Gasteiger partial charge in [0.1, 0.15) is 0 Å². The second-order valence-electron chi connectivity index (χ2n) is 4.45. The third kappa shape index (κ3) is 2.82. The molecule has 15 heavy (non-hydrogen) atoms. The fraction of sp³-hybridized carbons (Fsp3) is 0.636. The summed E-state index contributed by atoms with van der Waals surface area (Å²) < 4.78 is 3.02. The topological polar surface area (TPSA) is 41.6 Å². The molecule has 0 fully saturated rings. The second-order valence-corrected chi connectivity index (χ2v) is 5.25. The Kier molecular flexibility index (Phi) is 3.56. The second kappa shape index (κ2) is 4.36. The molecule has 82 valence electrons. The lowest BCUT2D eigenvalue weighted by atomic mass is 9.91. The zero-order chi connectivity index (χ0) is 11.6. The smallest absolute Gasteiger partial charge is 0.0738 e. The van der Waals surface area contributed by atoms with E-state index in [4.69, 9.17) is 5.26 Å². The molecule has 0 spiro atoms. The number of hydrogen-bond acceptors (Lipinski definition) is 2. The molecule has 3 nitrogen and oxygen atoms in total. The van der Waals surface area contributed by atoms with Crippen LogP contribution in [-0.4, -0.2) is 9.78 Å². The van der Waals surface area contributed by atoms with Crippen molar-refractivity contribution in [3.8, 4) is 6.07 Å². The van der Waals surface area contributed by atoms with E-state index in [0.29, 0.717) is 0 Å². The zero-order valence-electron chi connectivity index (χ0n) is 9.63. The first-order chi connectivity index (χ1) is 6.87. The summed E-state index contributed by atoms with van der Waals surface area (Å²) in [6, 6.07) is 2.30. The average molecular weight is 270 g/mol. The maximum absolute atomic E-state index is 8.91. The van der Waals surface area contributed by atoms with E-state index >= 15 is 0 Å². The molecule has 1 rings (SSSR count). The van der Waals surface area contributed by atoms with Crippen molar-refractivity contribution in [3.63, 3.8) is 0 Å². The Bertz CT molecular complexity index is 399. The third-order valence-corrected chi connectivity index (χ3v) is 3.69. The lowest BCUT2D eigenvalue weighted by molar-refractivity contribution is 0.395. The Hall–Kier alpha value is -0.820. The third-order valence-electron chi connectivity index (χ3n) is 2.54. The minimum absolute atomic E-state index is 0.279. The van der Waals surface area contributed by atoms with Gasteiger partial charge in [0, 0.05) is 12.2 Å². The predicted molar refractivity (Wildman–Crippen MR) is 63.4 cm³/mol. The predicted octanol–water partition coefficient (Wildman–Crippen LogP) is 3.20. The van der Waals surface area contributed by atoms with Crippen LogP contribution in [0.3, 0.4) is 0 Å². The Morgan fingerprint density at radius 2 is 2.07 bits per heavy atom. The molecular weight excluding hydrogens is 254 g/mol. The minimum atomic E-state index is -0.279.